The Labute approximate surface area is 186 Å². The van der Waals surface area contributed by atoms with E-state index in [0.29, 0.717) is 12.1 Å². The molecule has 166 valence electrons. The Morgan fingerprint density at radius 2 is 1.88 bits per heavy atom. The van der Waals surface area contributed by atoms with Gasteiger partial charge in [-0.2, -0.15) is 0 Å². The SMILES string of the molecule is O=C(Cc1ccccc1)NC1C2S(=O)C3CCN3C12C(=O)OCc1ccc([N+](=O)[O-])cc1. The van der Waals surface area contributed by atoms with Crippen LogP contribution < -0.4 is 5.32 Å². The maximum Gasteiger partial charge on any atom is 0.330 e. The van der Waals surface area contributed by atoms with Gasteiger partial charge in [0, 0.05) is 29.5 Å². The first-order chi connectivity index (χ1) is 15.4. The van der Waals surface area contributed by atoms with Crippen molar-refractivity contribution in [2.45, 2.75) is 41.7 Å². The van der Waals surface area contributed by atoms with E-state index in [2.05, 4.69) is 5.32 Å². The third-order valence-electron chi connectivity index (χ3n) is 6.43. The number of nitro groups is 1. The third kappa shape index (κ3) is 3.21. The van der Waals surface area contributed by atoms with Crippen molar-refractivity contribution < 1.29 is 23.5 Å². The van der Waals surface area contributed by atoms with Gasteiger partial charge in [0.05, 0.1) is 28.0 Å². The Morgan fingerprint density at radius 3 is 2.50 bits per heavy atom. The van der Waals surface area contributed by atoms with Gasteiger partial charge in [-0.15, -0.1) is 0 Å². The molecule has 10 heteroatoms. The predicted octanol–water partition coefficient (Wildman–Crippen LogP) is 1.28. The quantitative estimate of drug-likeness (QED) is 0.379. The second-order valence-corrected chi connectivity index (χ2v) is 9.93. The van der Waals surface area contributed by atoms with Gasteiger partial charge in [0.1, 0.15) is 6.61 Å². The topological polar surface area (TPSA) is 119 Å². The summed E-state index contributed by atoms with van der Waals surface area (Å²) in [7, 11) is -1.26. The first-order valence-electron chi connectivity index (χ1n) is 10.3. The number of hydrogen-bond donors (Lipinski definition) is 1. The van der Waals surface area contributed by atoms with Gasteiger partial charge >= 0.3 is 5.97 Å². The highest BCUT2D eigenvalue weighted by atomic mass is 32.2. The molecular weight excluding hydrogens is 434 g/mol. The van der Waals surface area contributed by atoms with Gasteiger partial charge in [0.2, 0.25) is 5.91 Å². The van der Waals surface area contributed by atoms with E-state index in [-0.39, 0.29) is 30.0 Å². The summed E-state index contributed by atoms with van der Waals surface area (Å²) in [6.07, 6.45) is 0.930. The van der Waals surface area contributed by atoms with E-state index in [4.69, 9.17) is 4.74 Å². The molecule has 5 atom stereocenters. The number of nitrogens with zero attached hydrogens (tertiary/aromatic N) is 2. The first kappa shape index (κ1) is 20.8. The summed E-state index contributed by atoms with van der Waals surface area (Å²) in [4.78, 5) is 38.0. The Morgan fingerprint density at radius 1 is 1.16 bits per heavy atom. The van der Waals surface area contributed by atoms with Gasteiger partial charge in [0.15, 0.2) is 5.54 Å². The van der Waals surface area contributed by atoms with Gasteiger partial charge < -0.3 is 10.1 Å². The Kier molecular flexibility index (Phi) is 5.06. The molecule has 0 bridgehead atoms. The van der Waals surface area contributed by atoms with Gasteiger partial charge in [-0.05, 0) is 29.7 Å². The molecule has 3 fully saturated rings. The fourth-order valence-corrected chi connectivity index (χ4v) is 7.13. The molecule has 2 heterocycles. The van der Waals surface area contributed by atoms with Crippen LogP contribution in [0.25, 0.3) is 0 Å². The van der Waals surface area contributed by atoms with Crippen molar-refractivity contribution in [3.05, 3.63) is 75.8 Å². The Hall–Kier alpha value is -3.11. The van der Waals surface area contributed by atoms with E-state index in [0.717, 1.165) is 12.0 Å². The highest BCUT2D eigenvalue weighted by Crippen LogP contribution is 2.58. The summed E-state index contributed by atoms with van der Waals surface area (Å²) in [6.45, 7) is 0.575. The van der Waals surface area contributed by atoms with Crippen molar-refractivity contribution >= 4 is 28.4 Å². The molecule has 0 aromatic heterocycles. The van der Waals surface area contributed by atoms with E-state index in [1.54, 1.807) is 0 Å². The van der Waals surface area contributed by atoms with Crippen LogP contribution in [0.5, 0.6) is 0 Å². The van der Waals surface area contributed by atoms with Gasteiger partial charge in [-0.1, -0.05) is 30.3 Å². The molecule has 1 aliphatic carbocycles. The van der Waals surface area contributed by atoms with E-state index in [1.165, 1.54) is 24.3 Å². The Bertz CT molecular complexity index is 1110. The lowest BCUT2D eigenvalue weighted by molar-refractivity contribution is -0.384. The molecular formula is C22H21N3O6S. The maximum absolute atomic E-state index is 13.2. The number of nitrogens with one attached hydrogen (secondary N) is 1. The van der Waals surface area contributed by atoms with Crippen LogP contribution in [-0.2, 0) is 38.2 Å². The van der Waals surface area contributed by atoms with Crippen LogP contribution in [0.2, 0.25) is 0 Å². The van der Waals surface area contributed by atoms with Gasteiger partial charge in [-0.25, -0.2) is 4.79 Å². The lowest BCUT2D eigenvalue weighted by Crippen LogP contribution is -2.59. The fraction of sp³-hybridized carbons (Fsp3) is 0.364. The second kappa shape index (κ2) is 7.79. The predicted molar refractivity (Wildman–Crippen MR) is 115 cm³/mol. The average molecular weight is 455 g/mol. The molecule has 2 aliphatic heterocycles. The van der Waals surface area contributed by atoms with Crippen LogP contribution in [-0.4, -0.2) is 54.7 Å². The molecule has 32 heavy (non-hydrogen) atoms. The number of benzene rings is 2. The second-order valence-electron chi connectivity index (χ2n) is 8.22. The van der Waals surface area contributed by atoms with E-state index in [1.807, 2.05) is 35.2 Å². The molecule has 3 aliphatic rings. The van der Waals surface area contributed by atoms with Gasteiger partial charge in [-0.3, -0.25) is 24.0 Å². The van der Waals surface area contributed by atoms with Crippen LogP contribution in [0.4, 0.5) is 5.69 Å². The number of non-ortho nitro benzene ring substituents is 1. The lowest BCUT2D eigenvalue weighted by Gasteiger charge is -2.41. The molecule has 1 amide bonds. The smallest absolute Gasteiger partial charge is 0.330 e. The number of amides is 1. The summed E-state index contributed by atoms with van der Waals surface area (Å²) >= 11 is 0. The van der Waals surface area contributed by atoms with Crippen LogP contribution in [0, 0.1) is 10.1 Å². The molecule has 5 rings (SSSR count). The van der Waals surface area contributed by atoms with E-state index >= 15 is 0 Å². The highest BCUT2D eigenvalue weighted by molar-refractivity contribution is 7.87. The van der Waals surface area contributed by atoms with Gasteiger partial charge in [0.25, 0.3) is 5.69 Å². The van der Waals surface area contributed by atoms with E-state index in [9.17, 15) is 23.9 Å². The summed E-state index contributed by atoms with van der Waals surface area (Å²) in [5.41, 5.74) is 0.327. The monoisotopic (exact) mass is 455 g/mol. The molecule has 2 saturated heterocycles. The Balaban J connectivity index is 1.28. The van der Waals surface area contributed by atoms with Crippen molar-refractivity contribution in [2.75, 3.05) is 6.54 Å². The number of hydrogen-bond acceptors (Lipinski definition) is 7. The molecule has 0 radical (unpaired) electrons. The van der Waals surface area contributed by atoms with Crippen LogP contribution in [0.15, 0.2) is 54.6 Å². The number of nitro benzene ring substituents is 1. The van der Waals surface area contributed by atoms with Crippen molar-refractivity contribution in [1.82, 2.24) is 10.2 Å². The maximum atomic E-state index is 13.2. The van der Waals surface area contributed by atoms with Crippen LogP contribution >= 0.6 is 0 Å². The van der Waals surface area contributed by atoms with Crippen molar-refractivity contribution in [2.24, 2.45) is 0 Å². The molecule has 1 N–H and O–H groups in total. The third-order valence-corrected chi connectivity index (χ3v) is 8.59. The number of fused-ring (bicyclic) bond motifs is 3. The first-order valence-corrected chi connectivity index (χ1v) is 11.6. The standard InChI is InChI=1S/C22H21N3O6S/c26-17(12-14-4-2-1-3-5-14)23-19-20-22(19,24-11-10-18(24)32(20)30)21(27)31-13-15-6-8-16(9-7-15)25(28)29/h1-9,18-20H,10-13H2,(H,23,26). The normalized spacial score (nSPS) is 29.9. The largest absolute Gasteiger partial charge is 0.459 e. The molecule has 2 aromatic rings. The summed E-state index contributed by atoms with van der Waals surface area (Å²) < 4.78 is 18.4. The molecule has 5 unspecified atom stereocenters. The number of carbonyl (C=O) groups excluding carboxylic acids is 2. The summed E-state index contributed by atoms with van der Waals surface area (Å²) in [5.74, 6) is -0.742. The average Bonchev–Trinajstić information content (AvgIpc) is 3.34. The fourth-order valence-electron chi connectivity index (χ4n) is 4.72. The van der Waals surface area contributed by atoms with Crippen molar-refractivity contribution in [1.29, 1.82) is 0 Å². The minimum Gasteiger partial charge on any atom is -0.459 e. The zero-order valence-corrected chi connectivity index (χ0v) is 17.8. The molecule has 1 saturated carbocycles. The zero-order chi connectivity index (χ0) is 22.5. The molecule has 0 spiro atoms. The minimum atomic E-state index is -1.26. The van der Waals surface area contributed by atoms with Crippen molar-refractivity contribution in [3.63, 3.8) is 0 Å². The van der Waals surface area contributed by atoms with Crippen LogP contribution in [0.1, 0.15) is 17.5 Å². The summed E-state index contributed by atoms with van der Waals surface area (Å²) in [6, 6.07) is 14.5. The minimum absolute atomic E-state index is 0.0447. The number of carbonyl (C=O) groups is 2. The molecule has 2 aromatic carbocycles. The zero-order valence-electron chi connectivity index (χ0n) is 17.0. The number of esters is 1. The summed E-state index contributed by atoms with van der Waals surface area (Å²) in [5, 5.41) is 13.0. The number of ether oxygens (including phenoxy) is 1. The lowest BCUT2D eigenvalue weighted by atomic mass is 10.1. The number of rotatable bonds is 7. The van der Waals surface area contributed by atoms with Crippen LogP contribution in [0.3, 0.4) is 0 Å². The van der Waals surface area contributed by atoms with Crippen molar-refractivity contribution in [3.8, 4) is 0 Å². The highest BCUT2D eigenvalue weighted by Gasteiger charge is 2.84. The molecule has 9 nitrogen and oxygen atoms in total. The van der Waals surface area contributed by atoms with E-state index < -0.39 is 38.5 Å².